The highest BCUT2D eigenvalue weighted by atomic mass is 31.2. The summed E-state index contributed by atoms with van der Waals surface area (Å²) < 4.78 is 32.8. The lowest BCUT2D eigenvalue weighted by Crippen LogP contribution is -2.36. The second-order valence-electron chi connectivity index (χ2n) is 6.88. The van der Waals surface area contributed by atoms with Gasteiger partial charge in [-0.25, -0.2) is 13.7 Å². The van der Waals surface area contributed by atoms with Crippen LogP contribution in [0.5, 0.6) is 0 Å². The van der Waals surface area contributed by atoms with E-state index in [4.69, 9.17) is 62.5 Å². The molecule has 0 bridgehead atoms. The summed E-state index contributed by atoms with van der Waals surface area (Å²) >= 11 is 0. The Balaban J connectivity index is 0.000000711. The first-order valence-electron chi connectivity index (χ1n) is 9.38. The van der Waals surface area contributed by atoms with Gasteiger partial charge in [0.25, 0.3) is 0 Å². The van der Waals surface area contributed by atoms with Crippen molar-refractivity contribution in [3.05, 3.63) is 16.0 Å². The molecule has 0 aromatic carbocycles. The Hall–Kier alpha value is -1.71. The van der Waals surface area contributed by atoms with Crippen molar-refractivity contribution in [1.29, 1.82) is 0 Å². The Kier molecular flexibility index (Phi) is 13.3. The van der Waals surface area contributed by atoms with Crippen molar-refractivity contribution in [2.75, 3.05) is 0 Å². The van der Waals surface area contributed by atoms with Gasteiger partial charge >= 0.3 is 29.0 Å². The number of phosphoric acid groups is 3. The van der Waals surface area contributed by atoms with E-state index in [1.807, 2.05) is 6.92 Å². The Morgan fingerprint density at radius 2 is 1.32 bits per heavy atom. The third kappa shape index (κ3) is 14.1. The van der Waals surface area contributed by atoms with Gasteiger partial charge in [0.05, 0.1) is 11.8 Å². The van der Waals surface area contributed by atoms with Crippen LogP contribution in [0.15, 0.2) is 4.79 Å². The van der Waals surface area contributed by atoms with Crippen LogP contribution in [0.2, 0.25) is 0 Å². The molecule has 4 atom stereocenters. The number of aryl methyl sites for hydroxylation is 1. The van der Waals surface area contributed by atoms with E-state index in [0.29, 0.717) is 17.0 Å². The van der Waals surface area contributed by atoms with Gasteiger partial charge in [0.2, 0.25) is 0 Å². The standard InChI is InChI=1S/C12H17N5O5.3H3O4P/c1-3-4-6-7-8(17(21)14-6)11(20)16(15-13-7)12-10(19)9(18)5(2)22-12;3*1-5(2,3)4/h5,9-10,12,18-19,21H,3-4H2,1-2H3;3*(H3,1,2,3,4). The van der Waals surface area contributed by atoms with Crippen LogP contribution in [0.1, 0.15) is 32.2 Å². The number of fused-ring (bicyclic) bond motifs is 1. The SMILES string of the molecule is CCCc1nn(O)c2c(=O)n(C3OC(C)C(O)C3O)nnc12.O=P(O)(O)O.O=P(O)(O)O.O=P(O)(O)O. The quantitative estimate of drug-likeness (QED) is 0.117. The topological polar surface area (TPSA) is 369 Å². The summed E-state index contributed by atoms with van der Waals surface area (Å²) in [5.41, 5.74) is -0.152. The maximum absolute atomic E-state index is 12.5. The minimum absolute atomic E-state index is 0.136. The minimum Gasteiger partial charge on any atom is -0.411 e. The first kappa shape index (κ1) is 35.3. The average molecular weight is 605 g/mol. The molecule has 12 N–H and O–H groups in total. The van der Waals surface area contributed by atoms with Gasteiger partial charge in [0.1, 0.15) is 17.7 Å². The number of nitrogens with zero attached hydrogens (tertiary/aromatic N) is 5. The molecule has 216 valence electrons. The van der Waals surface area contributed by atoms with Crippen LogP contribution in [0.25, 0.3) is 11.0 Å². The molecule has 1 saturated heterocycles. The molecular weight excluding hydrogens is 579 g/mol. The van der Waals surface area contributed by atoms with Crippen LogP contribution in [-0.2, 0) is 24.9 Å². The summed E-state index contributed by atoms with van der Waals surface area (Å²) in [6.45, 7) is 3.50. The van der Waals surface area contributed by atoms with Crippen LogP contribution in [0, 0.1) is 0 Å². The first-order valence-corrected chi connectivity index (χ1v) is 14.1. The third-order valence-electron chi connectivity index (χ3n) is 3.77. The second-order valence-corrected chi connectivity index (χ2v) is 9.95. The van der Waals surface area contributed by atoms with Crippen molar-refractivity contribution in [3.8, 4) is 0 Å². The van der Waals surface area contributed by atoms with Gasteiger partial charge in [0, 0.05) is 0 Å². The van der Waals surface area contributed by atoms with Gasteiger partial charge in [-0.3, -0.25) is 4.79 Å². The molecule has 0 aliphatic carbocycles. The smallest absolute Gasteiger partial charge is 0.411 e. The molecule has 0 saturated carbocycles. The molecule has 0 amide bonds. The molecule has 4 unspecified atom stereocenters. The van der Waals surface area contributed by atoms with Crippen molar-refractivity contribution in [2.24, 2.45) is 0 Å². The van der Waals surface area contributed by atoms with Crippen molar-refractivity contribution >= 4 is 34.5 Å². The molecule has 1 fully saturated rings. The molecule has 2 aromatic rings. The van der Waals surface area contributed by atoms with E-state index in [1.54, 1.807) is 6.92 Å². The highest BCUT2D eigenvalue weighted by Crippen LogP contribution is 2.28. The predicted molar refractivity (Wildman–Crippen MR) is 115 cm³/mol. The fraction of sp³-hybridized carbons (Fsp3) is 0.667. The van der Waals surface area contributed by atoms with Crippen LogP contribution >= 0.6 is 23.5 Å². The summed E-state index contributed by atoms with van der Waals surface area (Å²) in [6, 6.07) is 0. The Bertz CT molecular complexity index is 1140. The number of ether oxygens (including phenoxy) is 1. The van der Waals surface area contributed by atoms with Crippen molar-refractivity contribution in [3.63, 3.8) is 0 Å². The maximum atomic E-state index is 12.5. The largest absolute Gasteiger partial charge is 0.466 e. The molecule has 1 aliphatic heterocycles. The highest BCUT2D eigenvalue weighted by Gasteiger charge is 2.43. The number of rotatable bonds is 3. The van der Waals surface area contributed by atoms with E-state index < -0.39 is 53.6 Å². The monoisotopic (exact) mass is 605 g/mol. The average Bonchev–Trinajstić information content (AvgIpc) is 3.10. The molecule has 37 heavy (non-hydrogen) atoms. The third-order valence-corrected chi connectivity index (χ3v) is 3.77. The van der Waals surface area contributed by atoms with Crippen LogP contribution in [0.3, 0.4) is 0 Å². The summed E-state index contributed by atoms with van der Waals surface area (Å²) in [6.07, 6.45) is -2.96. The van der Waals surface area contributed by atoms with E-state index in [0.717, 1.165) is 11.1 Å². The lowest BCUT2D eigenvalue weighted by molar-refractivity contribution is -0.0441. The molecule has 3 rings (SSSR count). The summed E-state index contributed by atoms with van der Waals surface area (Å²) in [4.78, 5) is 77.6. The van der Waals surface area contributed by atoms with Crippen molar-refractivity contribution < 1.29 is 77.9 Å². The molecule has 22 nitrogen and oxygen atoms in total. The Morgan fingerprint density at radius 1 is 0.892 bits per heavy atom. The molecule has 3 heterocycles. The minimum atomic E-state index is -4.64. The molecule has 0 spiro atoms. The van der Waals surface area contributed by atoms with Gasteiger partial charge in [0.15, 0.2) is 11.7 Å². The van der Waals surface area contributed by atoms with Crippen LogP contribution < -0.4 is 5.56 Å². The predicted octanol–water partition coefficient (Wildman–Crippen LogP) is -3.97. The number of hydrogen-bond donors (Lipinski definition) is 12. The maximum Gasteiger partial charge on any atom is 0.466 e. The molecule has 1 aliphatic rings. The zero-order valence-corrected chi connectivity index (χ0v) is 21.4. The van der Waals surface area contributed by atoms with E-state index in [9.17, 15) is 20.2 Å². The Morgan fingerprint density at radius 3 is 1.68 bits per heavy atom. The van der Waals surface area contributed by atoms with Crippen molar-refractivity contribution in [2.45, 2.75) is 51.2 Å². The van der Waals surface area contributed by atoms with Crippen molar-refractivity contribution in [1.82, 2.24) is 24.9 Å². The number of aliphatic hydroxyl groups is 2. The first-order chi connectivity index (χ1) is 16.5. The van der Waals surface area contributed by atoms with Crippen LogP contribution in [0.4, 0.5) is 0 Å². The number of aliphatic hydroxyl groups excluding tert-OH is 2. The zero-order chi connectivity index (χ0) is 29.5. The van der Waals surface area contributed by atoms with Gasteiger partial charge in [-0.15, -0.1) is 10.2 Å². The lowest BCUT2D eigenvalue weighted by Gasteiger charge is -2.15. The van der Waals surface area contributed by atoms with E-state index >= 15 is 0 Å². The summed E-state index contributed by atoms with van der Waals surface area (Å²) in [5, 5.41) is 41.0. The molecule has 2 aromatic heterocycles. The normalized spacial score (nSPS) is 21.8. The lowest BCUT2D eigenvalue weighted by atomic mass is 10.1. The van der Waals surface area contributed by atoms with E-state index in [-0.39, 0.29) is 11.0 Å². The Labute approximate surface area is 205 Å². The summed E-state index contributed by atoms with van der Waals surface area (Å²) in [7, 11) is -13.9. The van der Waals surface area contributed by atoms with Crippen LogP contribution in [-0.4, -0.2) is 103 Å². The summed E-state index contributed by atoms with van der Waals surface area (Å²) in [5.74, 6) is 0. The number of hydrogen-bond acceptors (Lipinski definition) is 11. The molecular formula is C12H26N5O17P3. The second kappa shape index (κ2) is 13.9. The zero-order valence-electron chi connectivity index (χ0n) is 18.7. The van der Waals surface area contributed by atoms with E-state index in [2.05, 4.69) is 15.4 Å². The molecule has 0 radical (unpaired) electrons. The van der Waals surface area contributed by atoms with E-state index in [1.165, 1.54) is 0 Å². The fourth-order valence-electron chi connectivity index (χ4n) is 2.58. The van der Waals surface area contributed by atoms with Gasteiger partial charge < -0.3 is 64.2 Å². The van der Waals surface area contributed by atoms with Gasteiger partial charge in [-0.05, 0) is 13.3 Å². The fourth-order valence-corrected chi connectivity index (χ4v) is 2.58. The highest BCUT2D eigenvalue weighted by molar-refractivity contribution is 7.45. The van der Waals surface area contributed by atoms with Gasteiger partial charge in [-0.2, -0.15) is 4.68 Å². The number of aromatic nitrogens is 5. The van der Waals surface area contributed by atoms with Gasteiger partial charge in [-0.1, -0.05) is 23.4 Å². The molecule has 25 heteroatoms.